The first-order chi connectivity index (χ1) is 26.8. The summed E-state index contributed by atoms with van der Waals surface area (Å²) in [7, 11) is 0. The van der Waals surface area contributed by atoms with Crippen LogP contribution in [0.15, 0.2) is 186 Å². The van der Waals surface area contributed by atoms with E-state index in [-0.39, 0.29) is 0 Å². The van der Waals surface area contributed by atoms with Crippen molar-refractivity contribution in [3.05, 3.63) is 182 Å². The maximum atomic E-state index is 6.72. The molecule has 12 rings (SSSR count). The Morgan fingerprint density at radius 1 is 0.315 bits per heavy atom. The minimum absolute atomic E-state index is 0.923. The molecule has 0 aliphatic rings. The molecule has 0 spiro atoms. The predicted molar refractivity (Wildman–Crippen MR) is 233 cm³/mol. The van der Waals surface area contributed by atoms with Crippen LogP contribution < -0.4 is 0 Å². The fraction of sp³-hybridized carbons (Fsp3) is 0. The van der Waals surface area contributed by atoms with Crippen LogP contribution in [0.25, 0.3) is 119 Å². The van der Waals surface area contributed by atoms with Gasteiger partial charge < -0.3 is 4.42 Å². The van der Waals surface area contributed by atoms with Gasteiger partial charge in [0.2, 0.25) is 0 Å². The van der Waals surface area contributed by atoms with Crippen molar-refractivity contribution < 1.29 is 4.42 Å². The van der Waals surface area contributed by atoms with E-state index in [1.54, 1.807) is 0 Å². The van der Waals surface area contributed by atoms with Crippen molar-refractivity contribution in [2.24, 2.45) is 0 Å². The second kappa shape index (κ2) is 11.4. The van der Waals surface area contributed by atoms with Crippen molar-refractivity contribution in [2.45, 2.75) is 0 Å². The standard InChI is InChI=1S/C52H30OS/c1-2-14-34-31(12-1)13-11-22-36(34)49-40-19-7-5-17-38(40)48(39-18-6-8-20-41(39)49)33-26-24-32(25-27-33)43-30-45-50(37-16-4-3-15-35(37)43)52-44(53-45)28-29-47-51(52)42-21-9-10-23-46(42)54-47/h1-30H. The lowest BCUT2D eigenvalue weighted by molar-refractivity contribution is 0.669. The molecule has 0 aliphatic carbocycles. The monoisotopic (exact) mass is 702 g/mol. The molecule has 250 valence electrons. The lowest BCUT2D eigenvalue weighted by Crippen LogP contribution is -1.91. The van der Waals surface area contributed by atoms with Crippen LogP contribution in [0.1, 0.15) is 0 Å². The quantitative estimate of drug-likeness (QED) is 0.167. The summed E-state index contributed by atoms with van der Waals surface area (Å²) < 4.78 is 9.31. The van der Waals surface area contributed by atoms with E-state index in [1.165, 1.54) is 107 Å². The van der Waals surface area contributed by atoms with E-state index in [9.17, 15) is 0 Å². The third kappa shape index (κ3) is 4.20. The lowest BCUT2D eigenvalue weighted by Gasteiger charge is -2.19. The SMILES string of the molecule is c1ccc2c(-c3c4ccccc4c(-c4ccc(-c5cc6oc7ccc8sc9ccccc9c8c7c6c6ccccc56)cc4)c4ccccc34)cccc2c1. The van der Waals surface area contributed by atoms with Gasteiger partial charge in [-0.25, -0.2) is 0 Å². The molecule has 2 heteroatoms. The Balaban J connectivity index is 1.07. The van der Waals surface area contributed by atoms with Crippen LogP contribution in [0.2, 0.25) is 0 Å². The molecule has 0 saturated heterocycles. The van der Waals surface area contributed by atoms with Crippen molar-refractivity contribution in [2.75, 3.05) is 0 Å². The number of furan rings is 1. The number of hydrogen-bond donors (Lipinski definition) is 0. The largest absolute Gasteiger partial charge is 0.456 e. The zero-order chi connectivity index (χ0) is 35.3. The Morgan fingerprint density at radius 2 is 0.889 bits per heavy atom. The van der Waals surface area contributed by atoms with E-state index in [2.05, 4.69) is 182 Å². The van der Waals surface area contributed by atoms with Crippen molar-refractivity contribution in [1.29, 1.82) is 0 Å². The molecule has 0 fully saturated rings. The Morgan fingerprint density at radius 3 is 1.63 bits per heavy atom. The molecular formula is C52H30OS. The van der Waals surface area contributed by atoms with Crippen LogP contribution in [-0.4, -0.2) is 0 Å². The number of thiophene rings is 1. The maximum Gasteiger partial charge on any atom is 0.136 e. The molecular weight excluding hydrogens is 673 g/mol. The molecule has 0 amide bonds. The minimum atomic E-state index is 0.923. The van der Waals surface area contributed by atoms with E-state index < -0.39 is 0 Å². The van der Waals surface area contributed by atoms with E-state index in [0.717, 1.165) is 11.2 Å². The van der Waals surface area contributed by atoms with Crippen LogP contribution in [0.4, 0.5) is 0 Å². The van der Waals surface area contributed by atoms with Crippen molar-refractivity contribution >= 4 is 96.5 Å². The van der Waals surface area contributed by atoms with Gasteiger partial charge in [-0.3, -0.25) is 0 Å². The van der Waals surface area contributed by atoms with E-state index in [4.69, 9.17) is 4.42 Å². The highest BCUT2D eigenvalue weighted by molar-refractivity contribution is 7.26. The number of hydrogen-bond acceptors (Lipinski definition) is 2. The van der Waals surface area contributed by atoms with Crippen LogP contribution in [0, 0.1) is 0 Å². The minimum Gasteiger partial charge on any atom is -0.456 e. The van der Waals surface area contributed by atoms with Crippen LogP contribution >= 0.6 is 11.3 Å². The van der Waals surface area contributed by atoms with Crippen molar-refractivity contribution in [3.8, 4) is 33.4 Å². The zero-order valence-electron chi connectivity index (χ0n) is 29.1. The van der Waals surface area contributed by atoms with Gasteiger partial charge in [-0.05, 0) is 101 Å². The molecule has 0 atom stereocenters. The van der Waals surface area contributed by atoms with Crippen molar-refractivity contribution in [3.63, 3.8) is 0 Å². The average molecular weight is 703 g/mol. The molecule has 2 aromatic heterocycles. The molecule has 0 radical (unpaired) electrons. The van der Waals surface area contributed by atoms with Gasteiger partial charge in [-0.1, -0.05) is 158 Å². The fourth-order valence-electron chi connectivity index (χ4n) is 9.17. The lowest BCUT2D eigenvalue weighted by atomic mass is 9.84. The third-order valence-electron chi connectivity index (χ3n) is 11.5. The van der Waals surface area contributed by atoms with E-state index in [0.29, 0.717) is 0 Å². The molecule has 10 aromatic carbocycles. The number of rotatable bonds is 3. The first-order valence-electron chi connectivity index (χ1n) is 18.5. The second-order valence-electron chi connectivity index (χ2n) is 14.3. The topological polar surface area (TPSA) is 13.1 Å². The zero-order valence-corrected chi connectivity index (χ0v) is 30.0. The number of benzene rings is 10. The third-order valence-corrected chi connectivity index (χ3v) is 12.6. The number of fused-ring (bicyclic) bond motifs is 12. The summed E-state index contributed by atoms with van der Waals surface area (Å²) in [5.41, 5.74) is 9.23. The van der Waals surface area contributed by atoms with Crippen molar-refractivity contribution in [1.82, 2.24) is 0 Å². The fourth-order valence-corrected chi connectivity index (χ4v) is 10.3. The van der Waals surface area contributed by atoms with Gasteiger partial charge >= 0.3 is 0 Å². The predicted octanol–water partition coefficient (Wildman–Crippen LogP) is 15.6. The Labute approximate surface area is 314 Å². The van der Waals surface area contributed by atoms with Gasteiger partial charge in [0.1, 0.15) is 11.2 Å². The highest BCUT2D eigenvalue weighted by Gasteiger charge is 2.21. The maximum absolute atomic E-state index is 6.72. The van der Waals surface area contributed by atoms with Gasteiger partial charge in [0.15, 0.2) is 0 Å². The summed E-state index contributed by atoms with van der Waals surface area (Å²) in [5.74, 6) is 0. The summed E-state index contributed by atoms with van der Waals surface area (Å²) in [5, 5.41) is 15.0. The summed E-state index contributed by atoms with van der Waals surface area (Å²) in [6.45, 7) is 0. The molecule has 54 heavy (non-hydrogen) atoms. The smallest absolute Gasteiger partial charge is 0.136 e. The second-order valence-corrected chi connectivity index (χ2v) is 15.4. The summed E-state index contributed by atoms with van der Waals surface area (Å²) in [6.07, 6.45) is 0. The summed E-state index contributed by atoms with van der Waals surface area (Å²) in [4.78, 5) is 0. The highest BCUT2D eigenvalue weighted by Crippen LogP contribution is 2.48. The molecule has 0 N–H and O–H groups in total. The Kier molecular flexibility index (Phi) is 6.28. The molecule has 0 unspecified atom stereocenters. The molecule has 2 heterocycles. The first-order valence-corrected chi connectivity index (χ1v) is 19.3. The van der Waals surface area contributed by atoms with Gasteiger partial charge in [0, 0.05) is 30.9 Å². The normalized spacial score (nSPS) is 12.1. The van der Waals surface area contributed by atoms with Crippen LogP contribution in [-0.2, 0) is 0 Å². The van der Waals surface area contributed by atoms with Gasteiger partial charge in [-0.15, -0.1) is 11.3 Å². The molecule has 0 bridgehead atoms. The molecule has 12 aromatic rings. The van der Waals surface area contributed by atoms with Crippen LogP contribution in [0.5, 0.6) is 0 Å². The first kappa shape index (κ1) is 29.8. The molecule has 1 nitrogen and oxygen atoms in total. The summed E-state index contributed by atoms with van der Waals surface area (Å²) >= 11 is 1.85. The average Bonchev–Trinajstić information content (AvgIpc) is 3.81. The highest BCUT2D eigenvalue weighted by atomic mass is 32.1. The van der Waals surface area contributed by atoms with E-state index in [1.807, 2.05) is 11.3 Å². The van der Waals surface area contributed by atoms with Gasteiger partial charge in [-0.2, -0.15) is 0 Å². The molecule has 0 aliphatic heterocycles. The van der Waals surface area contributed by atoms with E-state index >= 15 is 0 Å². The Bertz CT molecular complexity index is 3430. The summed E-state index contributed by atoms with van der Waals surface area (Å²) in [6, 6.07) is 66.6. The van der Waals surface area contributed by atoms with Crippen LogP contribution in [0.3, 0.4) is 0 Å². The molecule has 0 saturated carbocycles. The Hall–Kier alpha value is -6.74. The van der Waals surface area contributed by atoms with Gasteiger partial charge in [0.25, 0.3) is 0 Å². The van der Waals surface area contributed by atoms with Gasteiger partial charge in [0.05, 0.1) is 0 Å².